The Morgan fingerprint density at radius 1 is 1.06 bits per heavy atom. The van der Waals surface area contributed by atoms with Crippen molar-refractivity contribution in [3.05, 3.63) is 52.3 Å². The van der Waals surface area contributed by atoms with Gasteiger partial charge in [0.2, 0.25) is 0 Å². The van der Waals surface area contributed by atoms with E-state index in [4.69, 9.17) is 39.5 Å². The molecule has 0 amide bonds. The Morgan fingerprint density at radius 2 is 1.88 bits per heavy atom. The number of ether oxygens (including phenoxy) is 1. The highest BCUT2D eigenvalue weighted by atomic mass is 35.5. The molecule has 0 saturated carbocycles. The summed E-state index contributed by atoms with van der Waals surface area (Å²) in [6.07, 6.45) is 3.12. The molecule has 0 radical (unpaired) electrons. The van der Waals surface area contributed by atoms with Crippen LogP contribution in [0.15, 0.2) is 36.7 Å². The topological polar surface area (TPSA) is 22.1 Å². The van der Waals surface area contributed by atoms with Crippen LogP contribution in [0.1, 0.15) is 5.56 Å². The molecule has 0 unspecified atom stereocenters. The maximum atomic E-state index is 6.02. The van der Waals surface area contributed by atoms with E-state index >= 15 is 0 Å². The van der Waals surface area contributed by atoms with Crippen LogP contribution in [0.25, 0.3) is 0 Å². The van der Waals surface area contributed by atoms with Gasteiger partial charge in [-0.05, 0) is 17.7 Å². The minimum absolute atomic E-state index is 0.373. The molecule has 0 N–H and O–H groups in total. The average Bonchev–Trinajstić information content (AvgIpc) is 2.29. The van der Waals surface area contributed by atoms with Gasteiger partial charge in [0.15, 0.2) is 0 Å². The number of hydrogen-bond acceptors (Lipinski definition) is 2. The zero-order valence-electron chi connectivity index (χ0n) is 8.66. The summed E-state index contributed by atoms with van der Waals surface area (Å²) in [5, 5.41) is 1.10. The summed E-state index contributed by atoms with van der Waals surface area (Å²) < 4.78 is 5.57. The van der Waals surface area contributed by atoms with Gasteiger partial charge in [0, 0.05) is 23.2 Å². The summed E-state index contributed by atoms with van der Waals surface area (Å²) in [5.41, 5.74) is 0.866. The molecule has 0 bridgehead atoms. The third-order valence-corrected chi connectivity index (χ3v) is 2.93. The molecular weight excluding hydrogens is 280 g/mol. The van der Waals surface area contributed by atoms with Crippen molar-refractivity contribution in [2.45, 2.75) is 5.88 Å². The molecule has 1 aromatic carbocycles. The molecule has 2 nitrogen and oxygen atoms in total. The Morgan fingerprint density at radius 3 is 2.53 bits per heavy atom. The summed E-state index contributed by atoms with van der Waals surface area (Å²) in [6, 6.07) is 7.01. The smallest absolute Gasteiger partial charge is 0.147 e. The second-order valence-electron chi connectivity index (χ2n) is 3.33. The maximum Gasteiger partial charge on any atom is 0.147 e. The second kappa shape index (κ2) is 5.58. The number of benzene rings is 1. The summed E-state index contributed by atoms with van der Waals surface area (Å²) in [7, 11) is 0. The number of aromatic nitrogens is 1. The fraction of sp³-hybridized carbons (Fsp3) is 0.0833. The zero-order chi connectivity index (χ0) is 12.3. The standard InChI is InChI=1S/C12H8Cl3NO/c13-5-8-1-2-10(4-12(8)15)17-11-3-9(14)6-16-7-11/h1-4,6-7H,5H2. The molecular formula is C12H8Cl3NO. The third-order valence-electron chi connectivity index (χ3n) is 2.08. The molecule has 2 aromatic rings. The Hall–Kier alpha value is -0.960. The molecule has 0 saturated heterocycles. The number of nitrogens with zero attached hydrogens (tertiary/aromatic N) is 1. The van der Waals surface area contributed by atoms with Crippen LogP contribution in [0, 0.1) is 0 Å². The van der Waals surface area contributed by atoms with E-state index in [0.717, 1.165) is 5.56 Å². The second-order valence-corrected chi connectivity index (χ2v) is 4.44. The van der Waals surface area contributed by atoms with E-state index in [2.05, 4.69) is 4.98 Å². The fourth-order valence-electron chi connectivity index (χ4n) is 1.28. The highest BCUT2D eigenvalue weighted by Crippen LogP contribution is 2.28. The van der Waals surface area contributed by atoms with Gasteiger partial charge in [-0.15, -0.1) is 11.6 Å². The normalized spacial score (nSPS) is 10.3. The van der Waals surface area contributed by atoms with Crippen molar-refractivity contribution in [1.82, 2.24) is 4.98 Å². The zero-order valence-corrected chi connectivity index (χ0v) is 10.9. The van der Waals surface area contributed by atoms with Crippen molar-refractivity contribution in [3.8, 4) is 11.5 Å². The molecule has 17 heavy (non-hydrogen) atoms. The number of pyridine rings is 1. The Kier molecular flexibility index (Phi) is 4.11. The van der Waals surface area contributed by atoms with E-state index < -0.39 is 0 Å². The molecule has 0 fully saturated rings. The minimum Gasteiger partial charge on any atom is -0.456 e. The lowest BCUT2D eigenvalue weighted by Gasteiger charge is -2.07. The molecule has 0 atom stereocenters. The van der Waals surface area contributed by atoms with Crippen molar-refractivity contribution in [2.75, 3.05) is 0 Å². The maximum absolute atomic E-state index is 6.02. The van der Waals surface area contributed by atoms with Gasteiger partial charge in [-0.3, -0.25) is 4.98 Å². The van der Waals surface area contributed by atoms with E-state index in [9.17, 15) is 0 Å². The SMILES string of the molecule is ClCc1ccc(Oc2cncc(Cl)c2)cc1Cl. The molecule has 1 heterocycles. The van der Waals surface area contributed by atoms with Crippen LogP contribution in [0.3, 0.4) is 0 Å². The average molecular weight is 289 g/mol. The quantitative estimate of drug-likeness (QED) is 0.748. The van der Waals surface area contributed by atoms with E-state index in [1.165, 1.54) is 6.20 Å². The summed E-state index contributed by atoms with van der Waals surface area (Å²) >= 11 is 17.5. The first-order chi connectivity index (χ1) is 8.19. The van der Waals surface area contributed by atoms with E-state index in [0.29, 0.717) is 27.4 Å². The Balaban J connectivity index is 2.22. The lowest BCUT2D eigenvalue weighted by atomic mass is 10.2. The van der Waals surface area contributed by atoms with Gasteiger partial charge in [-0.1, -0.05) is 29.3 Å². The molecule has 0 aliphatic carbocycles. The molecule has 88 valence electrons. The summed E-state index contributed by atoms with van der Waals surface area (Å²) in [5.74, 6) is 1.55. The van der Waals surface area contributed by atoms with E-state index in [1.54, 1.807) is 24.4 Å². The number of hydrogen-bond donors (Lipinski definition) is 0. The van der Waals surface area contributed by atoms with Gasteiger partial charge in [0.05, 0.1) is 11.2 Å². The minimum atomic E-state index is 0.373. The predicted molar refractivity (Wildman–Crippen MR) is 70.3 cm³/mol. The Bertz CT molecular complexity index is 531. The molecule has 1 aromatic heterocycles. The Labute approximate surface area is 114 Å². The molecule has 0 aliphatic rings. The van der Waals surface area contributed by atoms with Gasteiger partial charge < -0.3 is 4.74 Å². The van der Waals surface area contributed by atoms with Crippen LogP contribution in [0.5, 0.6) is 11.5 Å². The van der Waals surface area contributed by atoms with Crippen LogP contribution in [-0.2, 0) is 5.88 Å². The van der Waals surface area contributed by atoms with Gasteiger partial charge in [0.1, 0.15) is 11.5 Å². The lowest BCUT2D eigenvalue weighted by molar-refractivity contribution is 0.480. The monoisotopic (exact) mass is 287 g/mol. The van der Waals surface area contributed by atoms with Crippen LogP contribution < -0.4 is 4.74 Å². The fourth-order valence-corrected chi connectivity index (χ4v) is 1.99. The largest absolute Gasteiger partial charge is 0.456 e. The molecule has 2 rings (SSSR count). The first-order valence-corrected chi connectivity index (χ1v) is 6.11. The van der Waals surface area contributed by atoms with Gasteiger partial charge in [-0.2, -0.15) is 0 Å². The highest BCUT2D eigenvalue weighted by molar-refractivity contribution is 6.32. The van der Waals surface area contributed by atoms with Crippen LogP contribution in [-0.4, -0.2) is 4.98 Å². The molecule has 5 heteroatoms. The van der Waals surface area contributed by atoms with Crippen molar-refractivity contribution < 1.29 is 4.74 Å². The lowest BCUT2D eigenvalue weighted by Crippen LogP contribution is -1.87. The number of rotatable bonds is 3. The van der Waals surface area contributed by atoms with Crippen LogP contribution >= 0.6 is 34.8 Å². The highest BCUT2D eigenvalue weighted by Gasteiger charge is 2.03. The van der Waals surface area contributed by atoms with Crippen molar-refractivity contribution >= 4 is 34.8 Å². The summed E-state index contributed by atoms with van der Waals surface area (Å²) in [6.45, 7) is 0. The van der Waals surface area contributed by atoms with Crippen molar-refractivity contribution in [2.24, 2.45) is 0 Å². The molecule has 0 spiro atoms. The molecule has 0 aliphatic heterocycles. The van der Waals surface area contributed by atoms with Crippen LogP contribution in [0.2, 0.25) is 10.0 Å². The van der Waals surface area contributed by atoms with E-state index in [-0.39, 0.29) is 0 Å². The summed E-state index contributed by atoms with van der Waals surface area (Å²) in [4.78, 5) is 3.93. The van der Waals surface area contributed by atoms with Gasteiger partial charge in [-0.25, -0.2) is 0 Å². The van der Waals surface area contributed by atoms with Gasteiger partial charge in [0.25, 0.3) is 0 Å². The van der Waals surface area contributed by atoms with Crippen molar-refractivity contribution in [1.29, 1.82) is 0 Å². The number of alkyl halides is 1. The van der Waals surface area contributed by atoms with Gasteiger partial charge >= 0.3 is 0 Å². The number of halogens is 3. The third kappa shape index (κ3) is 3.25. The van der Waals surface area contributed by atoms with Crippen molar-refractivity contribution in [3.63, 3.8) is 0 Å². The predicted octanol–water partition coefficient (Wildman–Crippen LogP) is 4.92. The first-order valence-electron chi connectivity index (χ1n) is 4.82. The van der Waals surface area contributed by atoms with E-state index in [1.807, 2.05) is 6.07 Å². The van der Waals surface area contributed by atoms with Crippen LogP contribution in [0.4, 0.5) is 0 Å². The first kappa shape index (κ1) is 12.5.